The zero-order chi connectivity index (χ0) is 54.0. The monoisotopic (exact) mass is 1070 g/mol. The van der Waals surface area contributed by atoms with Crippen molar-refractivity contribution in [3.05, 3.63) is 46.5 Å². The lowest BCUT2D eigenvalue weighted by molar-refractivity contribution is -0.201. The number of hydrogen-bond donors (Lipinski definition) is 2. The van der Waals surface area contributed by atoms with Gasteiger partial charge in [0.1, 0.15) is 40.7 Å². The lowest BCUT2D eigenvalue weighted by atomic mass is 9.82. The van der Waals surface area contributed by atoms with Gasteiger partial charge in [-0.1, -0.05) is 42.3 Å². The molecular formula is C51H66ClN5O16S. The number of fused-ring (bicyclic) bond motifs is 5. The first kappa shape index (κ1) is 56.2. The second kappa shape index (κ2) is 23.1. The number of esters is 1. The molecule has 0 radical (unpaired) electrons. The molecule has 21 nitrogen and oxygen atoms in total. The van der Waals surface area contributed by atoms with Crippen LogP contribution in [0.15, 0.2) is 35.9 Å². The molecule has 6 aliphatic rings. The molecule has 4 saturated heterocycles. The van der Waals surface area contributed by atoms with Gasteiger partial charge in [-0.2, -0.15) is 0 Å². The van der Waals surface area contributed by atoms with Crippen LogP contribution in [0.2, 0.25) is 5.02 Å². The number of nitrogens with zero attached hydrogens (tertiary/aromatic N) is 4. The van der Waals surface area contributed by atoms with Gasteiger partial charge in [0.15, 0.2) is 5.72 Å². The Bertz CT molecular complexity index is 2470. The number of carbonyl (C=O) groups excluding carboxylic acids is 9. The van der Waals surface area contributed by atoms with E-state index in [1.165, 1.54) is 61.7 Å². The predicted molar refractivity (Wildman–Crippen MR) is 266 cm³/mol. The van der Waals surface area contributed by atoms with E-state index in [0.717, 1.165) is 11.1 Å². The Morgan fingerprint density at radius 3 is 2.36 bits per heavy atom. The van der Waals surface area contributed by atoms with E-state index in [1.54, 1.807) is 38.1 Å². The highest BCUT2D eigenvalue weighted by atomic mass is 35.5. The number of anilines is 1. The molecule has 2 N–H and O–H groups in total. The van der Waals surface area contributed by atoms with E-state index in [1.807, 2.05) is 13.0 Å². The maximum Gasteiger partial charge on any atom is 0.409 e. The van der Waals surface area contributed by atoms with Crippen LogP contribution in [0, 0.1) is 17.8 Å². The number of hydroxylamine groups is 2. The normalized spacial score (nSPS) is 32.2. The summed E-state index contributed by atoms with van der Waals surface area (Å²) in [6.07, 6.45) is 2.04. The minimum atomic E-state index is -1.89. The van der Waals surface area contributed by atoms with E-state index < -0.39 is 107 Å². The number of rotatable bonds is 13. The van der Waals surface area contributed by atoms with Gasteiger partial charge in [-0.25, -0.2) is 14.4 Å². The van der Waals surface area contributed by atoms with Crippen molar-refractivity contribution in [2.45, 2.75) is 145 Å². The number of alkyl carbamates (subject to hydrolysis) is 1. The smallest absolute Gasteiger partial charge is 0.409 e. The number of likely N-dealkylation sites (N-methyl/N-ethyl adjacent to an activating group) is 1. The van der Waals surface area contributed by atoms with Gasteiger partial charge in [0.2, 0.25) is 23.6 Å². The van der Waals surface area contributed by atoms with Gasteiger partial charge >= 0.3 is 18.0 Å². The zero-order valence-electron chi connectivity index (χ0n) is 42.9. The van der Waals surface area contributed by atoms with Gasteiger partial charge in [0, 0.05) is 71.5 Å². The van der Waals surface area contributed by atoms with Gasteiger partial charge in [-0.3, -0.25) is 39.0 Å². The first-order chi connectivity index (χ1) is 35.0. The van der Waals surface area contributed by atoms with Crippen LogP contribution in [0.3, 0.4) is 0 Å². The highest BCUT2D eigenvalue weighted by Gasteiger charge is 2.64. The van der Waals surface area contributed by atoms with E-state index in [-0.39, 0.29) is 67.2 Å². The highest BCUT2D eigenvalue weighted by Crippen LogP contribution is 2.49. The van der Waals surface area contributed by atoms with Crippen LogP contribution in [0.1, 0.15) is 97.5 Å². The Morgan fingerprint density at radius 2 is 1.70 bits per heavy atom. The molecule has 5 aliphatic heterocycles. The van der Waals surface area contributed by atoms with Gasteiger partial charge < -0.3 is 43.4 Å². The van der Waals surface area contributed by atoms with Gasteiger partial charge in [0.25, 0.3) is 11.8 Å². The molecule has 0 aromatic heterocycles. The van der Waals surface area contributed by atoms with Crippen molar-refractivity contribution in [1.29, 1.82) is 0 Å². The van der Waals surface area contributed by atoms with Crippen LogP contribution in [0.25, 0.3) is 0 Å². The Kier molecular flexibility index (Phi) is 17.6. The number of halogens is 1. The molecule has 7 amide bonds. The fraction of sp³-hybridized carbons (Fsp3) is 0.627. The molecule has 0 unspecified atom stereocenters. The highest BCUT2D eigenvalue weighted by molar-refractivity contribution is 8.00. The second-order valence-electron chi connectivity index (χ2n) is 20.3. The van der Waals surface area contributed by atoms with E-state index in [9.17, 15) is 48.3 Å². The fourth-order valence-electron chi connectivity index (χ4n) is 10.3. The number of imide groups is 2. The first-order valence-corrected chi connectivity index (χ1v) is 26.3. The van der Waals surface area contributed by atoms with Crippen molar-refractivity contribution in [1.82, 2.24) is 20.2 Å². The first-order valence-electron chi connectivity index (χ1n) is 24.9. The van der Waals surface area contributed by atoms with Crippen LogP contribution in [-0.2, 0) is 68.6 Å². The van der Waals surface area contributed by atoms with Gasteiger partial charge in [-0.05, 0) is 76.5 Å². The minimum Gasteiger partial charge on any atom is -0.495 e. The van der Waals surface area contributed by atoms with E-state index >= 15 is 0 Å². The molecule has 1 aromatic carbocycles. The molecule has 1 saturated carbocycles. The molecule has 4 bridgehead atoms. The number of amides is 7. The van der Waals surface area contributed by atoms with Crippen molar-refractivity contribution in [3.8, 4) is 5.75 Å². The Balaban J connectivity index is 0.986. The summed E-state index contributed by atoms with van der Waals surface area (Å²) in [5.74, 6) is -4.93. The quantitative estimate of drug-likeness (QED) is 0.160. The standard InChI is InChI=1S/C51H66ClN5O16S/c1-27-10-9-11-37(69-8)51(67)25-35(70-49(66)53-51)28(2)45-50(4,72-45)38(24-42(61)55(6)33-21-31(20-27)22-34(68-7)44(33)52)71-47(64)29(3)54(5)39(58)18-19-74-36-23-43(62)56(46(36)63)26-30-12-14-32(15-13-30)48(65)73-57-40(59)16-17-41(57)60/h9-11,21-22,28-30,32,35-38,45,67H,12-20,23-26H2,1-8H3,(H,53,66)/b11-9+,27-10+/t28-,29+,30?,32?,35+,36+,37-,38+,45+,50+,51+/m1/s1. The van der Waals surface area contributed by atoms with Crippen molar-refractivity contribution in [3.63, 3.8) is 0 Å². The number of nitrogens with one attached hydrogen (secondary N) is 1. The molecule has 0 spiro atoms. The molecule has 1 aliphatic carbocycles. The zero-order valence-corrected chi connectivity index (χ0v) is 44.5. The van der Waals surface area contributed by atoms with Crippen LogP contribution < -0.4 is 15.0 Å². The lowest BCUT2D eigenvalue weighted by Gasteiger charge is -2.42. The van der Waals surface area contributed by atoms with E-state index in [0.29, 0.717) is 48.6 Å². The Morgan fingerprint density at radius 1 is 1.01 bits per heavy atom. The SMILES string of the molecule is COc1cc2cc(c1Cl)N(C)C(=O)C[C@H](OC(=O)[C@H](C)N(C)C(=O)CCS[C@H]1CC(=O)N(CC3CCC(C(=O)ON4C(=O)CCC4=O)CC3)C1=O)[C@]1(C)O[C@H]1[C@H](C)[C@@H]1C[C@@](O)(NC(=O)O1)[C@H](OC)/C=C/C=C(\C)C2. The number of epoxide rings is 1. The van der Waals surface area contributed by atoms with Crippen LogP contribution in [-0.4, -0.2) is 161 Å². The number of hydrogen-bond acceptors (Lipinski definition) is 17. The van der Waals surface area contributed by atoms with Crippen molar-refractivity contribution >= 4 is 82.5 Å². The molecule has 5 heterocycles. The number of methoxy groups -OCH3 is 2. The summed E-state index contributed by atoms with van der Waals surface area (Å²) in [6, 6.07) is 2.36. The minimum absolute atomic E-state index is 0.00240. The number of carbonyl (C=O) groups is 9. The summed E-state index contributed by atoms with van der Waals surface area (Å²) in [5.41, 5.74) is -1.23. The average molecular weight is 1070 g/mol. The summed E-state index contributed by atoms with van der Waals surface area (Å²) in [5, 5.41) is 14.4. The van der Waals surface area contributed by atoms with Gasteiger partial charge in [0.05, 0.1) is 36.5 Å². The molecule has 1 aromatic rings. The number of benzene rings is 1. The maximum atomic E-state index is 14.4. The average Bonchev–Trinajstić information content (AvgIpc) is 3.87. The van der Waals surface area contributed by atoms with E-state index in [2.05, 4.69) is 5.32 Å². The molecule has 404 valence electrons. The topological polar surface area (TPSA) is 258 Å². The maximum absolute atomic E-state index is 14.4. The summed E-state index contributed by atoms with van der Waals surface area (Å²) < 4.78 is 29.4. The third kappa shape index (κ3) is 12.2. The fourth-order valence-corrected chi connectivity index (χ4v) is 11.7. The van der Waals surface area contributed by atoms with Crippen molar-refractivity contribution in [2.24, 2.45) is 17.8 Å². The van der Waals surface area contributed by atoms with Gasteiger partial charge in [-0.15, -0.1) is 16.8 Å². The van der Waals surface area contributed by atoms with Crippen LogP contribution in [0.5, 0.6) is 5.75 Å². The molecule has 9 atom stereocenters. The predicted octanol–water partition coefficient (Wildman–Crippen LogP) is 4.18. The summed E-state index contributed by atoms with van der Waals surface area (Å²) in [7, 11) is 5.84. The Labute approximate surface area is 438 Å². The van der Waals surface area contributed by atoms with Crippen LogP contribution >= 0.6 is 23.4 Å². The summed E-state index contributed by atoms with van der Waals surface area (Å²) in [6.45, 7) is 6.99. The summed E-state index contributed by atoms with van der Waals surface area (Å²) >= 11 is 7.98. The molecule has 7 rings (SSSR count). The summed E-state index contributed by atoms with van der Waals surface area (Å²) in [4.78, 5) is 127. The number of allylic oxidation sites excluding steroid dienone is 3. The number of ether oxygens (including phenoxy) is 5. The largest absolute Gasteiger partial charge is 0.495 e. The van der Waals surface area contributed by atoms with Crippen molar-refractivity contribution in [2.75, 3.05) is 45.5 Å². The van der Waals surface area contributed by atoms with Crippen LogP contribution in [0.4, 0.5) is 10.5 Å². The van der Waals surface area contributed by atoms with E-state index in [4.69, 9.17) is 40.1 Å². The number of aliphatic hydroxyl groups is 1. The molecule has 74 heavy (non-hydrogen) atoms. The molecule has 23 heteroatoms. The third-order valence-corrected chi connectivity index (χ3v) is 16.8. The number of likely N-dealkylation sites (tertiary alicyclic amines) is 1. The number of thioether (sulfide) groups is 1. The molecular weight excluding hydrogens is 1010 g/mol. The lowest BCUT2D eigenvalue weighted by Crippen LogP contribution is -2.63. The van der Waals surface area contributed by atoms with Crippen molar-refractivity contribution < 1.29 is 76.8 Å². The second-order valence-corrected chi connectivity index (χ2v) is 22.0. The molecule has 5 fully saturated rings. The Hall–Kier alpha value is -5.55. The third-order valence-electron chi connectivity index (χ3n) is 15.2.